The zero-order valence-electron chi connectivity index (χ0n) is 12.1. The van der Waals surface area contributed by atoms with E-state index in [1.165, 1.54) is 5.56 Å². The highest BCUT2D eigenvalue weighted by Gasteiger charge is 2.06. The number of aryl methyl sites for hydroxylation is 1. The standard InChI is InChI=1S/C13H18BrN5OS/c1-19-13(16-17-18-19)21-7-3-6-15-9-10-8-11(14)4-5-12(10)20-2/h4-5,8,15H,3,6-7,9H2,1-2H3/p+1. The quantitative estimate of drug-likeness (QED) is 0.557. The SMILES string of the molecule is COc1ccc(Br)cc1C[NH2+]CCCSc1nnnn1C. The molecule has 0 unspecified atom stereocenters. The van der Waals surface area contributed by atoms with Gasteiger partial charge < -0.3 is 10.1 Å². The number of rotatable bonds is 8. The second kappa shape index (κ2) is 8.35. The van der Waals surface area contributed by atoms with Gasteiger partial charge in [0.1, 0.15) is 12.3 Å². The van der Waals surface area contributed by atoms with E-state index in [0.29, 0.717) is 0 Å². The van der Waals surface area contributed by atoms with Gasteiger partial charge in [0.25, 0.3) is 0 Å². The first-order chi connectivity index (χ1) is 10.2. The number of halogens is 1. The van der Waals surface area contributed by atoms with Crippen LogP contribution in [0.3, 0.4) is 0 Å². The molecule has 8 heteroatoms. The molecule has 0 aliphatic carbocycles. The van der Waals surface area contributed by atoms with Crippen molar-refractivity contribution in [3.05, 3.63) is 28.2 Å². The second-order valence-electron chi connectivity index (χ2n) is 4.52. The summed E-state index contributed by atoms with van der Waals surface area (Å²) in [6, 6.07) is 6.09. The van der Waals surface area contributed by atoms with Crippen LogP contribution in [-0.2, 0) is 13.6 Å². The van der Waals surface area contributed by atoms with Gasteiger partial charge in [0.15, 0.2) is 0 Å². The molecule has 0 radical (unpaired) electrons. The molecule has 1 aromatic heterocycles. The molecular formula is C13H19BrN5OS+. The van der Waals surface area contributed by atoms with Crippen LogP contribution in [0.25, 0.3) is 0 Å². The summed E-state index contributed by atoms with van der Waals surface area (Å²) in [5, 5.41) is 14.5. The van der Waals surface area contributed by atoms with Crippen LogP contribution < -0.4 is 10.1 Å². The Hall–Kier alpha value is -1.12. The largest absolute Gasteiger partial charge is 0.496 e. The molecule has 0 saturated heterocycles. The van der Waals surface area contributed by atoms with E-state index in [9.17, 15) is 0 Å². The Labute approximate surface area is 136 Å². The summed E-state index contributed by atoms with van der Waals surface area (Å²) in [5.41, 5.74) is 1.21. The lowest BCUT2D eigenvalue weighted by molar-refractivity contribution is -0.670. The fourth-order valence-electron chi connectivity index (χ4n) is 1.90. The van der Waals surface area contributed by atoms with Crippen LogP contribution in [0.15, 0.2) is 27.8 Å². The van der Waals surface area contributed by atoms with E-state index >= 15 is 0 Å². The van der Waals surface area contributed by atoms with Crippen molar-refractivity contribution in [2.45, 2.75) is 18.1 Å². The van der Waals surface area contributed by atoms with Gasteiger partial charge in [0.2, 0.25) is 5.16 Å². The zero-order valence-corrected chi connectivity index (χ0v) is 14.5. The lowest BCUT2D eigenvalue weighted by atomic mass is 10.2. The molecule has 0 amide bonds. The number of hydrogen-bond donors (Lipinski definition) is 1. The van der Waals surface area contributed by atoms with Crippen LogP contribution in [0.4, 0.5) is 0 Å². The molecule has 0 bridgehead atoms. The van der Waals surface area contributed by atoms with E-state index in [2.05, 4.69) is 42.8 Å². The number of quaternary nitrogens is 1. The maximum absolute atomic E-state index is 5.37. The summed E-state index contributed by atoms with van der Waals surface area (Å²) < 4.78 is 8.15. The van der Waals surface area contributed by atoms with Crippen LogP contribution in [0.2, 0.25) is 0 Å². The minimum atomic E-state index is 0.864. The number of hydrogen-bond acceptors (Lipinski definition) is 5. The molecule has 0 saturated carbocycles. The van der Waals surface area contributed by atoms with Gasteiger partial charge in [-0.2, -0.15) is 0 Å². The van der Waals surface area contributed by atoms with Crippen molar-refractivity contribution >= 4 is 27.7 Å². The van der Waals surface area contributed by atoms with Gasteiger partial charge in [0.05, 0.1) is 13.7 Å². The minimum absolute atomic E-state index is 0.864. The zero-order chi connectivity index (χ0) is 15.1. The predicted molar refractivity (Wildman–Crippen MR) is 85.3 cm³/mol. The number of aromatic nitrogens is 4. The Bertz CT molecular complexity index is 577. The van der Waals surface area contributed by atoms with Crippen molar-refractivity contribution in [3.8, 4) is 5.75 Å². The van der Waals surface area contributed by atoms with Crippen molar-refractivity contribution in [1.29, 1.82) is 0 Å². The van der Waals surface area contributed by atoms with Crippen molar-refractivity contribution in [3.63, 3.8) is 0 Å². The van der Waals surface area contributed by atoms with E-state index in [4.69, 9.17) is 4.74 Å². The Morgan fingerprint density at radius 2 is 2.29 bits per heavy atom. The van der Waals surface area contributed by atoms with Crippen molar-refractivity contribution < 1.29 is 10.1 Å². The maximum Gasteiger partial charge on any atom is 0.209 e. The number of benzene rings is 1. The summed E-state index contributed by atoms with van der Waals surface area (Å²) in [5.74, 6) is 1.95. The van der Waals surface area contributed by atoms with Gasteiger partial charge in [-0.1, -0.05) is 27.7 Å². The van der Waals surface area contributed by atoms with Gasteiger partial charge in [0, 0.05) is 29.3 Å². The van der Waals surface area contributed by atoms with Crippen molar-refractivity contribution in [2.75, 3.05) is 19.4 Å². The molecule has 114 valence electrons. The predicted octanol–water partition coefficient (Wildman–Crippen LogP) is 1.23. The Kier molecular flexibility index (Phi) is 6.47. The summed E-state index contributed by atoms with van der Waals surface area (Å²) in [6.07, 6.45) is 1.11. The van der Waals surface area contributed by atoms with Crippen LogP contribution >= 0.6 is 27.7 Å². The minimum Gasteiger partial charge on any atom is -0.496 e. The molecule has 2 rings (SSSR count). The molecule has 2 aromatic rings. The smallest absolute Gasteiger partial charge is 0.209 e. The highest BCUT2D eigenvalue weighted by molar-refractivity contribution is 9.10. The molecule has 0 atom stereocenters. The summed E-state index contributed by atoms with van der Waals surface area (Å²) in [4.78, 5) is 0. The lowest BCUT2D eigenvalue weighted by Crippen LogP contribution is -2.82. The molecule has 0 aliphatic rings. The van der Waals surface area contributed by atoms with Crippen LogP contribution in [0.1, 0.15) is 12.0 Å². The number of methoxy groups -OCH3 is 1. The number of ether oxygens (including phenoxy) is 1. The topological polar surface area (TPSA) is 69.4 Å². The Morgan fingerprint density at radius 3 is 3.00 bits per heavy atom. The van der Waals surface area contributed by atoms with Gasteiger partial charge >= 0.3 is 0 Å². The molecule has 21 heavy (non-hydrogen) atoms. The van der Waals surface area contributed by atoms with Crippen LogP contribution in [0.5, 0.6) is 5.75 Å². The van der Waals surface area contributed by atoms with E-state index < -0.39 is 0 Å². The molecular weight excluding hydrogens is 354 g/mol. The highest BCUT2D eigenvalue weighted by Crippen LogP contribution is 2.21. The number of nitrogens with two attached hydrogens (primary N) is 1. The highest BCUT2D eigenvalue weighted by atomic mass is 79.9. The average Bonchev–Trinajstić information content (AvgIpc) is 2.88. The normalized spacial score (nSPS) is 10.8. The average molecular weight is 373 g/mol. The second-order valence-corrected chi connectivity index (χ2v) is 6.50. The first-order valence-corrected chi connectivity index (χ1v) is 8.48. The molecule has 6 nitrogen and oxygen atoms in total. The van der Waals surface area contributed by atoms with Gasteiger partial charge in [-0.05, 0) is 28.6 Å². The first-order valence-electron chi connectivity index (χ1n) is 6.70. The third kappa shape index (κ3) is 4.98. The number of tetrazole rings is 1. The van der Waals surface area contributed by atoms with E-state index in [0.717, 1.165) is 40.6 Å². The third-order valence-electron chi connectivity index (χ3n) is 2.97. The maximum atomic E-state index is 5.37. The summed E-state index contributed by atoms with van der Waals surface area (Å²) >= 11 is 5.18. The van der Waals surface area contributed by atoms with E-state index in [1.54, 1.807) is 23.6 Å². The molecule has 0 fully saturated rings. The van der Waals surface area contributed by atoms with Crippen molar-refractivity contribution in [2.24, 2.45) is 7.05 Å². The fourth-order valence-corrected chi connectivity index (χ4v) is 3.12. The fraction of sp³-hybridized carbons (Fsp3) is 0.462. The monoisotopic (exact) mass is 372 g/mol. The molecule has 0 spiro atoms. The summed E-state index contributed by atoms with van der Waals surface area (Å²) in [6.45, 7) is 1.98. The Balaban J connectivity index is 1.68. The van der Waals surface area contributed by atoms with E-state index in [1.807, 2.05) is 19.2 Å². The molecule has 1 heterocycles. The van der Waals surface area contributed by atoms with E-state index in [-0.39, 0.29) is 0 Å². The first kappa shape index (κ1) is 16.3. The van der Waals surface area contributed by atoms with Gasteiger partial charge in [-0.25, -0.2) is 4.68 Å². The van der Waals surface area contributed by atoms with Crippen LogP contribution in [-0.4, -0.2) is 39.6 Å². The van der Waals surface area contributed by atoms with Gasteiger partial charge in [-0.3, -0.25) is 0 Å². The van der Waals surface area contributed by atoms with Crippen LogP contribution in [0, 0.1) is 0 Å². The Morgan fingerprint density at radius 1 is 1.43 bits per heavy atom. The molecule has 2 N–H and O–H groups in total. The van der Waals surface area contributed by atoms with Crippen molar-refractivity contribution in [1.82, 2.24) is 20.2 Å². The number of nitrogens with zero attached hydrogens (tertiary/aromatic N) is 4. The summed E-state index contributed by atoms with van der Waals surface area (Å²) in [7, 11) is 3.56. The molecule has 0 aliphatic heterocycles. The molecule has 1 aromatic carbocycles. The third-order valence-corrected chi connectivity index (χ3v) is 4.56. The number of thioether (sulfide) groups is 1. The lowest BCUT2D eigenvalue weighted by Gasteiger charge is -2.08. The van der Waals surface area contributed by atoms with Gasteiger partial charge in [-0.15, -0.1) is 5.10 Å².